The molecule has 0 fully saturated rings. The number of methoxy groups -OCH3 is 1. The van der Waals surface area contributed by atoms with Crippen LogP contribution in [0.25, 0.3) is 10.9 Å². The van der Waals surface area contributed by atoms with E-state index in [1.54, 1.807) is 30.5 Å². The van der Waals surface area contributed by atoms with E-state index in [4.69, 9.17) is 0 Å². The Morgan fingerprint density at radius 1 is 1.04 bits per heavy atom. The summed E-state index contributed by atoms with van der Waals surface area (Å²) in [5.41, 5.74) is 2.71. The maximum absolute atomic E-state index is 12.3. The van der Waals surface area contributed by atoms with Crippen LogP contribution in [0.2, 0.25) is 0 Å². The molecule has 24 heavy (non-hydrogen) atoms. The molecule has 1 aromatic heterocycles. The lowest BCUT2D eigenvalue weighted by molar-refractivity contribution is -0.115. The third kappa shape index (κ3) is 3.41. The first-order valence-electron chi connectivity index (χ1n) is 7.48. The first-order chi connectivity index (χ1) is 11.7. The van der Waals surface area contributed by atoms with Gasteiger partial charge in [0, 0.05) is 11.6 Å². The Kier molecular flexibility index (Phi) is 4.52. The number of esters is 1. The summed E-state index contributed by atoms with van der Waals surface area (Å²) < 4.78 is 4.65. The molecule has 0 aliphatic heterocycles. The van der Waals surface area contributed by atoms with Crippen molar-refractivity contribution in [1.82, 2.24) is 4.98 Å². The molecule has 1 N–H and O–H groups in total. The Hall–Kier alpha value is -3.21. The van der Waals surface area contributed by atoms with Gasteiger partial charge in [0.1, 0.15) is 0 Å². The number of benzene rings is 2. The summed E-state index contributed by atoms with van der Waals surface area (Å²) in [6.07, 6.45) is 1.91. The number of rotatable bonds is 4. The number of hydrogen-bond donors (Lipinski definition) is 1. The zero-order chi connectivity index (χ0) is 16.9. The third-order valence-electron chi connectivity index (χ3n) is 3.65. The molecule has 0 radical (unpaired) electrons. The normalized spacial score (nSPS) is 10.4. The van der Waals surface area contributed by atoms with Crippen LogP contribution in [0.15, 0.2) is 60.8 Å². The van der Waals surface area contributed by atoms with Gasteiger partial charge in [0.25, 0.3) is 0 Å². The van der Waals surface area contributed by atoms with Crippen molar-refractivity contribution in [3.63, 3.8) is 0 Å². The number of carbonyl (C=O) groups is 2. The van der Waals surface area contributed by atoms with E-state index in [0.29, 0.717) is 11.3 Å². The smallest absolute Gasteiger partial charge is 0.337 e. The van der Waals surface area contributed by atoms with Gasteiger partial charge in [0.05, 0.1) is 30.3 Å². The number of para-hydroxylation sites is 1. The monoisotopic (exact) mass is 320 g/mol. The number of hydrogen-bond acceptors (Lipinski definition) is 4. The van der Waals surface area contributed by atoms with Crippen molar-refractivity contribution in [1.29, 1.82) is 0 Å². The van der Waals surface area contributed by atoms with Crippen molar-refractivity contribution in [2.75, 3.05) is 12.4 Å². The molecule has 0 spiro atoms. The largest absolute Gasteiger partial charge is 0.465 e. The molecule has 120 valence electrons. The van der Waals surface area contributed by atoms with Crippen LogP contribution in [0.5, 0.6) is 0 Å². The lowest BCUT2D eigenvalue weighted by Gasteiger charge is -2.08. The minimum atomic E-state index is -0.396. The second-order valence-corrected chi connectivity index (χ2v) is 5.29. The molecule has 0 saturated carbocycles. The third-order valence-corrected chi connectivity index (χ3v) is 3.65. The summed E-state index contributed by atoms with van der Waals surface area (Å²) in [6.45, 7) is 0. The van der Waals surface area contributed by atoms with Gasteiger partial charge in [-0.3, -0.25) is 9.78 Å². The lowest BCUT2D eigenvalue weighted by Crippen LogP contribution is -2.15. The standard InChI is InChI=1S/C19H16N2O3/c1-24-19(23)15-9-7-13(8-10-15)12-17(22)21-16-6-2-4-14-5-3-11-20-18(14)16/h2-11H,12H2,1H3,(H,21,22). The zero-order valence-corrected chi connectivity index (χ0v) is 13.2. The zero-order valence-electron chi connectivity index (χ0n) is 13.2. The predicted molar refractivity (Wildman–Crippen MR) is 91.9 cm³/mol. The Morgan fingerprint density at radius 2 is 1.79 bits per heavy atom. The van der Waals surface area contributed by atoms with E-state index in [1.807, 2.05) is 30.3 Å². The van der Waals surface area contributed by atoms with Crippen molar-refractivity contribution >= 4 is 28.5 Å². The molecule has 0 aliphatic carbocycles. The average Bonchev–Trinajstić information content (AvgIpc) is 2.62. The van der Waals surface area contributed by atoms with Crippen molar-refractivity contribution in [3.8, 4) is 0 Å². The highest BCUT2D eigenvalue weighted by atomic mass is 16.5. The van der Waals surface area contributed by atoms with Gasteiger partial charge < -0.3 is 10.1 Å². The quantitative estimate of drug-likeness (QED) is 0.750. The van der Waals surface area contributed by atoms with Crippen LogP contribution < -0.4 is 5.32 Å². The number of pyridine rings is 1. The van der Waals surface area contributed by atoms with Crippen LogP contribution in [-0.2, 0) is 16.0 Å². The van der Waals surface area contributed by atoms with Crippen molar-refractivity contribution in [2.24, 2.45) is 0 Å². The summed E-state index contributed by atoms with van der Waals surface area (Å²) in [7, 11) is 1.34. The second-order valence-electron chi connectivity index (χ2n) is 5.29. The molecular weight excluding hydrogens is 304 g/mol. The lowest BCUT2D eigenvalue weighted by atomic mass is 10.1. The molecule has 0 bridgehead atoms. The average molecular weight is 320 g/mol. The number of nitrogens with zero attached hydrogens (tertiary/aromatic N) is 1. The maximum atomic E-state index is 12.3. The van der Waals surface area contributed by atoms with Gasteiger partial charge in [-0.2, -0.15) is 0 Å². The van der Waals surface area contributed by atoms with Gasteiger partial charge in [-0.1, -0.05) is 30.3 Å². The van der Waals surface area contributed by atoms with E-state index in [9.17, 15) is 9.59 Å². The number of carbonyl (C=O) groups excluding carboxylic acids is 2. The minimum absolute atomic E-state index is 0.140. The number of amides is 1. The van der Waals surface area contributed by atoms with Gasteiger partial charge in [-0.25, -0.2) is 4.79 Å². The van der Waals surface area contributed by atoms with Crippen molar-refractivity contribution in [3.05, 3.63) is 71.9 Å². The molecule has 1 amide bonds. The predicted octanol–water partition coefficient (Wildman–Crippen LogP) is 3.20. The fourth-order valence-electron chi connectivity index (χ4n) is 2.46. The van der Waals surface area contributed by atoms with Crippen LogP contribution in [0.3, 0.4) is 0 Å². The van der Waals surface area contributed by atoms with Crippen LogP contribution in [0.4, 0.5) is 5.69 Å². The molecule has 3 rings (SSSR count). The number of ether oxygens (including phenoxy) is 1. The highest BCUT2D eigenvalue weighted by Crippen LogP contribution is 2.20. The highest BCUT2D eigenvalue weighted by Gasteiger charge is 2.09. The molecule has 5 heteroatoms. The van der Waals surface area contributed by atoms with Crippen molar-refractivity contribution < 1.29 is 14.3 Å². The molecule has 0 saturated heterocycles. The van der Waals surface area contributed by atoms with Gasteiger partial charge in [0.2, 0.25) is 5.91 Å². The summed E-state index contributed by atoms with van der Waals surface area (Å²) in [6, 6.07) is 16.2. The first-order valence-corrected chi connectivity index (χ1v) is 7.48. The first kappa shape index (κ1) is 15.7. The fourth-order valence-corrected chi connectivity index (χ4v) is 2.46. The Labute approximate surface area is 139 Å². The highest BCUT2D eigenvalue weighted by molar-refractivity contribution is 6.00. The van der Waals surface area contributed by atoms with Gasteiger partial charge in [-0.15, -0.1) is 0 Å². The number of anilines is 1. The van der Waals surface area contributed by atoms with Gasteiger partial charge in [0.15, 0.2) is 0 Å². The Balaban J connectivity index is 1.72. The van der Waals surface area contributed by atoms with E-state index in [0.717, 1.165) is 16.5 Å². The van der Waals surface area contributed by atoms with Crippen LogP contribution in [0, 0.1) is 0 Å². The SMILES string of the molecule is COC(=O)c1ccc(CC(=O)Nc2cccc3cccnc23)cc1. The summed E-state index contributed by atoms with van der Waals surface area (Å²) in [5, 5.41) is 3.86. The molecular formula is C19H16N2O3. The molecule has 1 heterocycles. The molecule has 2 aromatic carbocycles. The van der Waals surface area contributed by atoms with Gasteiger partial charge >= 0.3 is 5.97 Å². The summed E-state index contributed by atoms with van der Waals surface area (Å²) in [5.74, 6) is -0.535. The van der Waals surface area contributed by atoms with Crippen LogP contribution in [0.1, 0.15) is 15.9 Å². The molecule has 0 atom stereocenters. The molecule has 3 aromatic rings. The fraction of sp³-hybridized carbons (Fsp3) is 0.105. The van der Waals surface area contributed by atoms with E-state index in [-0.39, 0.29) is 12.3 Å². The molecule has 0 unspecified atom stereocenters. The summed E-state index contributed by atoms with van der Waals surface area (Å²) >= 11 is 0. The Bertz CT molecular complexity index is 883. The van der Waals surface area contributed by atoms with Crippen LogP contribution in [-0.4, -0.2) is 24.0 Å². The minimum Gasteiger partial charge on any atom is -0.465 e. The topological polar surface area (TPSA) is 68.3 Å². The second kappa shape index (κ2) is 6.91. The van der Waals surface area contributed by atoms with E-state index < -0.39 is 5.97 Å². The van der Waals surface area contributed by atoms with E-state index in [1.165, 1.54) is 7.11 Å². The number of nitrogens with one attached hydrogen (secondary N) is 1. The Morgan fingerprint density at radius 3 is 2.54 bits per heavy atom. The number of fused-ring (bicyclic) bond motifs is 1. The van der Waals surface area contributed by atoms with Gasteiger partial charge in [-0.05, 0) is 29.8 Å². The molecule has 0 aliphatic rings. The van der Waals surface area contributed by atoms with Crippen molar-refractivity contribution in [2.45, 2.75) is 6.42 Å². The van der Waals surface area contributed by atoms with E-state index >= 15 is 0 Å². The molecule has 5 nitrogen and oxygen atoms in total. The van der Waals surface area contributed by atoms with E-state index in [2.05, 4.69) is 15.0 Å². The number of aromatic nitrogens is 1. The summed E-state index contributed by atoms with van der Waals surface area (Å²) in [4.78, 5) is 28.0. The maximum Gasteiger partial charge on any atom is 0.337 e. The van der Waals surface area contributed by atoms with Crippen LogP contribution >= 0.6 is 0 Å².